The van der Waals surface area contributed by atoms with E-state index < -0.39 is 5.91 Å². The zero-order valence-corrected chi connectivity index (χ0v) is 11.8. The first-order valence-corrected chi connectivity index (χ1v) is 6.51. The highest BCUT2D eigenvalue weighted by Crippen LogP contribution is 2.29. The van der Waals surface area contributed by atoms with Gasteiger partial charge in [0.05, 0.1) is 28.8 Å². The van der Waals surface area contributed by atoms with Crippen LogP contribution in [0.15, 0.2) is 35.0 Å². The number of benzene rings is 1. The summed E-state index contributed by atoms with van der Waals surface area (Å²) in [5.41, 5.74) is 8.17. The molecule has 0 bridgehead atoms. The van der Waals surface area contributed by atoms with Crippen molar-refractivity contribution in [2.75, 3.05) is 11.1 Å². The molecule has 3 N–H and O–H groups in total. The molecule has 0 saturated carbocycles. The number of aryl methyl sites for hydroxylation is 1. The van der Waals surface area contributed by atoms with Crippen LogP contribution in [-0.4, -0.2) is 16.0 Å². The molecule has 6 nitrogen and oxygen atoms in total. The molecule has 0 saturated heterocycles. The Balaban J connectivity index is 1.97. The molecule has 0 aliphatic rings. The second-order valence-electron chi connectivity index (χ2n) is 4.53. The number of anilines is 2. The number of pyridine rings is 1. The van der Waals surface area contributed by atoms with E-state index in [1.807, 2.05) is 0 Å². The summed E-state index contributed by atoms with van der Waals surface area (Å²) in [4.78, 5) is 16.3. The van der Waals surface area contributed by atoms with Crippen LogP contribution in [0.1, 0.15) is 16.2 Å². The third kappa shape index (κ3) is 2.53. The van der Waals surface area contributed by atoms with Gasteiger partial charge in [-0.2, -0.15) is 0 Å². The van der Waals surface area contributed by atoms with Crippen molar-refractivity contribution in [2.45, 2.75) is 6.92 Å². The standard InChI is InChI=1S/C14H11ClN4O2/c1-7-4-12(21-19-7)14(20)18-11-6-17-10-3-2-8(15)5-9(10)13(11)16/h2-6H,1H3,(H2,16,17)(H,18,20). The summed E-state index contributed by atoms with van der Waals surface area (Å²) in [6.45, 7) is 1.73. The first-order chi connectivity index (χ1) is 10.0. The second-order valence-corrected chi connectivity index (χ2v) is 4.97. The van der Waals surface area contributed by atoms with E-state index in [2.05, 4.69) is 15.5 Å². The van der Waals surface area contributed by atoms with Crippen LogP contribution in [0.5, 0.6) is 0 Å². The van der Waals surface area contributed by atoms with Gasteiger partial charge in [0.25, 0.3) is 5.91 Å². The number of nitrogens with one attached hydrogen (secondary N) is 1. The number of aromatic nitrogens is 2. The van der Waals surface area contributed by atoms with E-state index in [-0.39, 0.29) is 5.76 Å². The van der Waals surface area contributed by atoms with Gasteiger partial charge in [-0.25, -0.2) is 0 Å². The van der Waals surface area contributed by atoms with E-state index >= 15 is 0 Å². The molecule has 0 spiro atoms. The minimum absolute atomic E-state index is 0.109. The molecule has 2 heterocycles. The van der Waals surface area contributed by atoms with Crippen molar-refractivity contribution in [1.29, 1.82) is 0 Å². The van der Waals surface area contributed by atoms with Gasteiger partial charge < -0.3 is 15.6 Å². The molecule has 7 heteroatoms. The molecular formula is C14H11ClN4O2. The fourth-order valence-corrected chi connectivity index (χ4v) is 2.11. The Morgan fingerprint density at radius 2 is 2.19 bits per heavy atom. The summed E-state index contributed by atoms with van der Waals surface area (Å²) in [6, 6.07) is 6.73. The number of nitrogens with two attached hydrogens (primary N) is 1. The van der Waals surface area contributed by atoms with Gasteiger partial charge in [0.2, 0.25) is 5.76 Å². The maximum absolute atomic E-state index is 12.0. The van der Waals surface area contributed by atoms with E-state index in [1.54, 1.807) is 25.1 Å². The second kappa shape index (κ2) is 5.06. The lowest BCUT2D eigenvalue weighted by Crippen LogP contribution is -2.13. The third-order valence-corrected chi connectivity index (χ3v) is 3.21. The fraction of sp³-hybridized carbons (Fsp3) is 0.0714. The zero-order chi connectivity index (χ0) is 15.0. The van der Waals surface area contributed by atoms with Gasteiger partial charge in [0, 0.05) is 16.5 Å². The van der Waals surface area contributed by atoms with Gasteiger partial charge >= 0.3 is 0 Å². The molecule has 0 radical (unpaired) electrons. The minimum atomic E-state index is -0.439. The van der Waals surface area contributed by atoms with Gasteiger partial charge in [0.1, 0.15) is 0 Å². The quantitative estimate of drug-likeness (QED) is 0.759. The fourth-order valence-electron chi connectivity index (χ4n) is 1.94. The van der Waals surface area contributed by atoms with Crippen LogP contribution in [0.2, 0.25) is 5.02 Å². The van der Waals surface area contributed by atoms with Crippen molar-refractivity contribution in [2.24, 2.45) is 0 Å². The zero-order valence-electron chi connectivity index (χ0n) is 11.1. The van der Waals surface area contributed by atoms with Crippen LogP contribution in [0.3, 0.4) is 0 Å². The molecule has 2 aromatic heterocycles. The van der Waals surface area contributed by atoms with Crippen LogP contribution in [0, 0.1) is 6.92 Å². The maximum atomic E-state index is 12.0. The number of nitrogen functional groups attached to an aromatic ring is 1. The topological polar surface area (TPSA) is 94.0 Å². The third-order valence-electron chi connectivity index (χ3n) is 2.97. The van der Waals surface area contributed by atoms with Gasteiger partial charge in [-0.1, -0.05) is 16.8 Å². The molecule has 21 heavy (non-hydrogen) atoms. The minimum Gasteiger partial charge on any atom is -0.396 e. The number of hydrogen-bond donors (Lipinski definition) is 2. The number of carbonyl (C=O) groups is 1. The molecule has 1 amide bonds. The molecule has 1 aromatic carbocycles. The van der Waals surface area contributed by atoms with Crippen LogP contribution >= 0.6 is 11.6 Å². The van der Waals surface area contributed by atoms with Gasteiger partial charge in [0.15, 0.2) is 0 Å². The molecule has 3 aromatic rings. The van der Waals surface area contributed by atoms with Crippen molar-refractivity contribution in [1.82, 2.24) is 10.1 Å². The highest BCUT2D eigenvalue weighted by Gasteiger charge is 2.14. The van der Waals surface area contributed by atoms with E-state index in [0.717, 1.165) is 0 Å². The summed E-state index contributed by atoms with van der Waals surface area (Å²) in [7, 11) is 0. The predicted octanol–water partition coefficient (Wildman–Crippen LogP) is 3.02. The number of nitrogens with zero attached hydrogens (tertiary/aromatic N) is 2. The van der Waals surface area contributed by atoms with Gasteiger partial charge in [-0.15, -0.1) is 0 Å². The Labute approximate surface area is 124 Å². The molecule has 0 aliphatic heterocycles. The molecule has 0 fully saturated rings. The number of rotatable bonds is 2. The molecule has 0 aliphatic carbocycles. The molecule has 106 valence electrons. The average molecular weight is 303 g/mol. The summed E-state index contributed by atoms with van der Waals surface area (Å²) < 4.78 is 4.90. The summed E-state index contributed by atoms with van der Waals surface area (Å²) in [6.07, 6.45) is 1.49. The van der Waals surface area contributed by atoms with E-state index in [4.69, 9.17) is 21.9 Å². The smallest absolute Gasteiger partial charge is 0.294 e. The number of fused-ring (bicyclic) bond motifs is 1. The Kier molecular flexibility index (Phi) is 3.23. The molecule has 3 rings (SSSR count). The Hall–Kier alpha value is -2.60. The number of carbonyl (C=O) groups excluding carboxylic acids is 1. The van der Waals surface area contributed by atoms with Crippen molar-refractivity contribution in [3.63, 3.8) is 0 Å². The molecular weight excluding hydrogens is 292 g/mol. The van der Waals surface area contributed by atoms with E-state index in [1.165, 1.54) is 12.3 Å². The van der Waals surface area contributed by atoms with Crippen LogP contribution in [0.25, 0.3) is 10.9 Å². The largest absolute Gasteiger partial charge is 0.396 e. The normalized spacial score (nSPS) is 10.8. The predicted molar refractivity (Wildman–Crippen MR) is 80.4 cm³/mol. The molecule has 0 unspecified atom stereocenters. The van der Waals surface area contributed by atoms with Crippen molar-refractivity contribution >= 4 is 39.8 Å². The molecule has 0 atom stereocenters. The lowest BCUT2D eigenvalue weighted by molar-refractivity contribution is 0.0988. The van der Waals surface area contributed by atoms with Gasteiger partial charge in [-0.05, 0) is 25.1 Å². The maximum Gasteiger partial charge on any atom is 0.294 e. The summed E-state index contributed by atoms with van der Waals surface area (Å²) in [5, 5.41) is 7.53. The SMILES string of the molecule is Cc1cc(C(=O)Nc2cnc3ccc(Cl)cc3c2N)on1. The van der Waals surface area contributed by atoms with Gasteiger partial charge in [-0.3, -0.25) is 9.78 Å². The Bertz CT molecular complexity index is 844. The average Bonchev–Trinajstić information content (AvgIpc) is 2.89. The van der Waals surface area contributed by atoms with Crippen LogP contribution in [-0.2, 0) is 0 Å². The van der Waals surface area contributed by atoms with Crippen molar-refractivity contribution < 1.29 is 9.32 Å². The highest BCUT2D eigenvalue weighted by molar-refractivity contribution is 6.31. The number of hydrogen-bond acceptors (Lipinski definition) is 5. The Morgan fingerprint density at radius 1 is 1.38 bits per heavy atom. The highest BCUT2D eigenvalue weighted by atomic mass is 35.5. The lowest BCUT2D eigenvalue weighted by Gasteiger charge is -2.09. The summed E-state index contributed by atoms with van der Waals surface area (Å²) >= 11 is 5.95. The summed E-state index contributed by atoms with van der Waals surface area (Å²) in [5.74, 6) is -0.330. The monoisotopic (exact) mass is 302 g/mol. The van der Waals surface area contributed by atoms with Crippen molar-refractivity contribution in [3.05, 3.63) is 46.9 Å². The number of amides is 1. The van der Waals surface area contributed by atoms with E-state index in [9.17, 15) is 4.79 Å². The first-order valence-electron chi connectivity index (χ1n) is 6.13. The van der Waals surface area contributed by atoms with Crippen molar-refractivity contribution in [3.8, 4) is 0 Å². The Morgan fingerprint density at radius 3 is 2.90 bits per heavy atom. The first kappa shape index (κ1) is 13.4. The van der Waals surface area contributed by atoms with Crippen LogP contribution < -0.4 is 11.1 Å². The number of halogens is 1. The van der Waals surface area contributed by atoms with E-state index in [0.29, 0.717) is 33.0 Å². The lowest BCUT2D eigenvalue weighted by atomic mass is 10.1. The van der Waals surface area contributed by atoms with Crippen LogP contribution in [0.4, 0.5) is 11.4 Å².